The lowest BCUT2D eigenvalue weighted by atomic mass is 10.2. The minimum atomic E-state index is -3.51. The van der Waals surface area contributed by atoms with E-state index in [1.807, 2.05) is 0 Å². The van der Waals surface area contributed by atoms with Gasteiger partial charge >= 0.3 is 5.97 Å². The van der Waals surface area contributed by atoms with Gasteiger partial charge in [-0.05, 0) is 30.3 Å². The fraction of sp³-hybridized carbons (Fsp3) is 0.176. The Morgan fingerprint density at radius 1 is 1.16 bits per heavy atom. The summed E-state index contributed by atoms with van der Waals surface area (Å²) in [6.07, 6.45) is -0.965. The van der Waals surface area contributed by atoms with Crippen LogP contribution in [0, 0.1) is 0 Å². The number of sulfone groups is 1. The van der Waals surface area contributed by atoms with Crippen molar-refractivity contribution in [1.82, 2.24) is 0 Å². The average Bonchev–Trinajstić information content (AvgIpc) is 2.54. The van der Waals surface area contributed by atoms with Crippen molar-refractivity contribution in [2.24, 2.45) is 0 Å². The number of hydrogen-bond donors (Lipinski definition) is 2. The first-order valence-electron chi connectivity index (χ1n) is 7.47. The third-order valence-corrected chi connectivity index (χ3v) is 5.51. The Morgan fingerprint density at radius 2 is 1.92 bits per heavy atom. The summed E-state index contributed by atoms with van der Waals surface area (Å²) >= 11 is 0. The van der Waals surface area contributed by atoms with Gasteiger partial charge in [0.1, 0.15) is 16.7 Å². The van der Waals surface area contributed by atoms with Crippen LogP contribution in [0.15, 0.2) is 53.4 Å². The highest BCUT2D eigenvalue weighted by Gasteiger charge is 2.32. The van der Waals surface area contributed by atoms with Crippen LogP contribution >= 0.6 is 0 Å². The maximum Gasteiger partial charge on any atom is 0.335 e. The fourth-order valence-corrected chi connectivity index (χ4v) is 4.17. The number of anilines is 1. The summed E-state index contributed by atoms with van der Waals surface area (Å²) in [4.78, 5) is 23.2. The molecular weight excluding hydrogens is 346 g/mol. The molecular formula is C17H15NO6S. The summed E-state index contributed by atoms with van der Waals surface area (Å²) in [5.74, 6) is -1.61. The average molecular weight is 361 g/mol. The zero-order valence-electron chi connectivity index (χ0n) is 13.0. The second-order valence-corrected chi connectivity index (χ2v) is 7.61. The van der Waals surface area contributed by atoms with Crippen LogP contribution in [0.25, 0.3) is 0 Å². The molecule has 25 heavy (non-hydrogen) atoms. The number of aromatic carboxylic acids is 1. The van der Waals surface area contributed by atoms with Gasteiger partial charge in [0.2, 0.25) is 5.91 Å². The Balaban J connectivity index is 1.70. The van der Waals surface area contributed by atoms with Crippen LogP contribution in [0.5, 0.6) is 5.75 Å². The van der Waals surface area contributed by atoms with Crippen molar-refractivity contribution in [2.45, 2.75) is 17.4 Å². The van der Waals surface area contributed by atoms with E-state index >= 15 is 0 Å². The number of carbonyl (C=O) groups is 2. The summed E-state index contributed by atoms with van der Waals surface area (Å²) in [6.45, 7) is 0. The fourth-order valence-electron chi connectivity index (χ4n) is 2.60. The zero-order chi connectivity index (χ0) is 18.0. The van der Waals surface area contributed by atoms with E-state index in [0.29, 0.717) is 5.69 Å². The van der Waals surface area contributed by atoms with Crippen molar-refractivity contribution in [2.75, 3.05) is 11.1 Å². The van der Waals surface area contributed by atoms with E-state index in [1.165, 1.54) is 24.3 Å². The van der Waals surface area contributed by atoms with Crippen LogP contribution in [0.1, 0.15) is 16.8 Å². The number of nitrogens with one attached hydrogen (secondary N) is 1. The summed E-state index contributed by atoms with van der Waals surface area (Å²) in [6, 6.07) is 12.1. The first-order chi connectivity index (χ1) is 11.8. The second-order valence-electron chi connectivity index (χ2n) is 5.61. The molecule has 0 spiro atoms. The summed E-state index contributed by atoms with van der Waals surface area (Å²) in [7, 11) is -3.51. The quantitative estimate of drug-likeness (QED) is 0.861. The number of carboxylic acids is 1. The van der Waals surface area contributed by atoms with Gasteiger partial charge in [-0.2, -0.15) is 0 Å². The molecule has 2 aromatic rings. The first kappa shape index (κ1) is 17.0. The van der Waals surface area contributed by atoms with E-state index in [4.69, 9.17) is 9.84 Å². The van der Waals surface area contributed by atoms with Crippen LogP contribution in [0.4, 0.5) is 5.69 Å². The molecule has 0 aliphatic carbocycles. The molecule has 0 bridgehead atoms. The van der Waals surface area contributed by atoms with Crippen LogP contribution in [0.2, 0.25) is 0 Å². The summed E-state index contributed by atoms with van der Waals surface area (Å²) < 4.78 is 30.1. The van der Waals surface area contributed by atoms with Gasteiger partial charge in [-0.3, -0.25) is 4.79 Å². The lowest BCUT2D eigenvalue weighted by Gasteiger charge is -2.25. The minimum absolute atomic E-state index is 0.0446. The predicted molar refractivity (Wildman–Crippen MR) is 89.6 cm³/mol. The SMILES string of the molecule is O=C(CC1CS(=O)(=O)c2ccccc2O1)Nc1cccc(C(=O)O)c1. The van der Waals surface area contributed by atoms with Crippen molar-refractivity contribution >= 4 is 27.4 Å². The highest BCUT2D eigenvalue weighted by atomic mass is 32.2. The predicted octanol–water partition coefficient (Wildman–Crippen LogP) is 1.95. The molecule has 2 aromatic carbocycles. The molecule has 1 unspecified atom stereocenters. The molecule has 0 aromatic heterocycles. The van der Waals surface area contributed by atoms with Gasteiger partial charge in [-0.1, -0.05) is 18.2 Å². The highest BCUT2D eigenvalue weighted by Crippen LogP contribution is 2.31. The van der Waals surface area contributed by atoms with Gasteiger partial charge in [0.05, 0.1) is 17.7 Å². The van der Waals surface area contributed by atoms with Gasteiger partial charge in [-0.25, -0.2) is 13.2 Å². The van der Waals surface area contributed by atoms with Crippen LogP contribution < -0.4 is 10.1 Å². The van der Waals surface area contributed by atoms with Gasteiger partial charge in [0.15, 0.2) is 9.84 Å². The van der Waals surface area contributed by atoms with Gasteiger partial charge < -0.3 is 15.2 Å². The van der Waals surface area contributed by atoms with Crippen molar-refractivity contribution in [3.05, 3.63) is 54.1 Å². The summed E-state index contributed by atoms with van der Waals surface area (Å²) in [5, 5.41) is 11.5. The van der Waals surface area contributed by atoms with E-state index < -0.39 is 27.8 Å². The smallest absolute Gasteiger partial charge is 0.335 e. The second kappa shape index (κ2) is 6.56. The number of benzene rings is 2. The van der Waals surface area contributed by atoms with Gasteiger partial charge in [-0.15, -0.1) is 0 Å². The Kier molecular flexibility index (Phi) is 4.45. The third-order valence-electron chi connectivity index (χ3n) is 3.69. The largest absolute Gasteiger partial charge is 0.487 e. The number of para-hydroxylation sites is 1. The van der Waals surface area contributed by atoms with Crippen LogP contribution in [0.3, 0.4) is 0 Å². The number of hydrogen-bond acceptors (Lipinski definition) is 5. The van der Waals surface area contributed by atoms with E-state index in [1.54, 1.807) is 24.3 Å². The molecule has 1 atom stereocenters. The zero-order valence-corrected chi connectivity index (χ0v) is 13.8. The molecule has 1 aliphatic rings. The van der Waals surface area contributed by atoms with Crippen molar-refractivity contribution in [3.8, 4) is 5.75 Å². The lowest BCUT2D eigenvalue weighted by Crippen LogP contribution is -2.35. The first-order valence-corrected chi connectivity index (χ1v) is 9.12. The molecule has 0 saturated carbocycles. The monoisotopic (exact) mass is 361 g/mol. The molecule has 1 aliphatic heterocycles. The minimum Gasteiger partial charge on any atom is -0.487 e. The molecule has 0 radical (unpaired) electrons. The number of rotatable bonds is 4. The number of carbonyl (C=O) groups excluding carboxylic acids is 1. The molecule has 0 fully saturated rings. The van der Waals surface area contributed by atoms with Crippen molar-refractivity contribution < 1.29 is 27.9 Å². The number of amides is 1. The molecule has 1 amide bonds. The summed E-state index contributed by atoms with van der Waals surface area (Å²) in [5.41, 5.74) is 0.368. The Bertz CT molecular complexity index is 938. The molecule has 7 nitrogen and oxygen atoms in total. The molecule has 130 valence electrons. The number of ether oxygens (including phenoxy) is 1. The van der Waals surface area contributed by atoms with Gasteiger partial charge in [0, 0.05) is 5.69 Å². The topological polar surface area (TPSA) is 110 Å². The van der Waals surface area contributed by atoms with E-state index in [9.17, 15) is 18.0 Å². The van der Waals surface area contributed by atoms with E-state index in [2.05, 4.69) is 5.32 Å². The van der Waals surface area contributed by atoms with Crippen LogP contribution in [-0.2, 0) is 14.6 Å². The maximum absolute atomic E-state index is 12.3. The van der Waals surface area contributed by atoms with Crippen molar-refractivity contribution in [3.63, 3.8) is 0 Å². The highest BCUT2D eigenvalue weighted by molar-refractivity contribution is 7.91. The van der Waals surface area contributed by atoms with Crippen LogP contribution in [-0.4, -0.2) is 37.3 Å². The van der Waals surface area contributed by atoms with Gasteiger partial charge in [0.25, 0.3) is 0 Å². The maximum atomic E-state index is 12.3. The van der Waals surface area contributed by atoms with E-state index in [-0.39, 0.29) is 28.4 Å². The Morgan fingerprint density at radius 3 is 2.68 bits per heavy atom. The van der Waals surface area contributed by atoms with E-state index in [0.717, 1.165) is 0 Å². The Hall–Kier alpha value is -2.87. The normalized spacial score (nSPS) is 17.8. The van der Waals surface area contributed by atoms with Crippen molar-refractivity contribution in [1.29, 1.82) is 0 Å². The number of carboxylic acid groups (broad SMARTS) is 1. The number of fused-ring (bicyclic) bond motifs is 1. The third kappa shape index (κ3) is 3.80. The molecule has 0 saturated heterocycles. The lowest BCUT2D eigenvalue weighted by molar-refractivity contribution is -0.117. The molecule has 3 rings (SSSR count). The molecule has 8 heteroatoms. The molecule has 1 heterocycles. The Labute approximate surface area is 144 Å². The molecule has 2 N–H and O–H groups in total. The standard InChI is InChI=1S/C17H15NO6S/c19-16(18-12-5-3-4-11(8-12)17(20)21)9-13-10-25(22,23)15-7-2-1-6-14(15)24-13/h1-8,13H,9-10H2,(H,18,19)(H,20,21).